The first kappa shape index (κ1) is 20.3. The number of alkyl halides is 1. The number of rotatable bonds is 7. The number of carbonyl (C=O) groups is 1. The molecule has 4 nitrogen and oxygen atoms in total. The molecule has 0 atom stereocenters. The van der Waals surface area contributed by atoms with Gasteiger partial charge in [0, 0.05) is 30.3 Å². The second-order valence-corrected chi connectivity index (χ2v) is 7.78. The molecule has 1 aliphatic carbocycles. The van der Waals surface area contributed by atoms with Gasteiger partial charge in [0.05, 0.1) is 0 Å². The van der Waals surface area contributed by atoms with Gasteiger partial charge in [0.1, 0.15) is 12.4 Å². The van der Waals surface area contributed by atoms with Crippen molar-refractivity contribution in [2.45, 2.75) is 51.9 Å². The molecule has 1 saturated carbocycles. The van der Waals surface area contributed by atoms with Gasteiger partial charge in [0.2, 0.25) is 0 Å². The zero-order chi connectivity index (χ0) is 19.9. The monoisotopic (exact) mass is 384 g/mol. The minimum atomic E-state index is -0.556. The zero-order valence-electron chi connectivity index (χ0n) is 16.4. The van der Waals surface area contributed by atoms with E-state index in [1.54, 1.807) is 24.3 Å². The predicted octanol–water partition coefficient (Wildman–Crippen LogP) is 4.25. The van der Waals surface area contributed by atoms with Gasteiger partial charge in [-0.25, -0.2) is 4.39 Å². The highest BCUT2D eigenvalue weighted by atomic mass is 19.1. The van der Waals surface area contributed by atoms with Gasteiger partial charge in [-0.15, -0.1) is 0 Å². The van der Waals surface area contributed by atoms with E-state index in [9.17, 15) is 14.3 Å². The topological polar surface area (TPSA) is 61.4 Å². The molecule has 0 heterocycles. The molecule has 0 saturated heterocycles. The van der Waals surface area contributed by atoms with Gasteiger partial charge in [0.25, 0.3) is 5.91 Å². The van der Waals surface area contributed by atoms with E-state index in [1.165, 1.54) is 0 Å². The molecule has 1 fully saturated rings. The second-order valence-electron chi connectivity index (χ2n) is 7.78. The van der Waals surface area contributed by atoms with Crippen LogP contribution in [0.3, 0.4) is 0 Å². The maximum Gasteiger partial charge on any atom is 0.251 e. The highest BCUT2D eigenvalue weighted by Crippen LogP contribution is 2.25. The molecule has 150 valence electrons. The van der Waals surface area contributed by atoms with Crippen LogP contribution in [0.15, 0.2) is 42.5 Å². The van der Waals surface area contributed by atoms with Crippen molar-refractivity contribution in [2.75, 3.05) is 6.54 Å². The maximum absolute atomic E-state index is 12.9. The SMILES string of the molecule is Cc1cc(CF)cc(C(=O)NC[C@H]2CC[C@@H](NCc3ccccc3O)CC2)c1. The van der Waals surface area contributed by atoms with Crippen molar-refractivity contribution < 1.29 is 14.3 Å². The van der Waals surface area contributed by atoms with Crippen LogP contribution in [0.5, 0.6) is 5.75 Å². The molecule has 5 heteroatoms. The largest absolute Gasteiger partial charge is 0.508 e. The highest BCUT2D eigenvalue weighted by molar-refractivity contribution is 5.94. The lowest BCUT2D eigenvalue weighted by Gasteiger charge is -2.29. The number of amides is 1. The number of nitrogens with one attached hydrogen (secondary N) is 2. The summed E-state index contributed by atoms with van der Waals surface area (Å²) in [5.41, 5.74) is 2.89. The number of halogens is 1. The van der Waals surface area contributed by atoms with E-state index in [0.717, 1.165) is 36.8 Å². The fraction of sp³-hybridized carbons (Fsp3) is 0.435. The molecule has 0 unspecified atom stereocenters. The van der Waals surface area contributed by atoms with Crippen LogP contribution in [0, 0.1) is 12.8 Å². The van der Waals surface area contributed by atoms with Crippen LogP contribution >= 0.6 is 0 Å². The van der Waals surface area contributed by atoms with Gasteiger partial charge in [-0.05, 0) is 67.9 Å². The van der Waals surface area contributed by atoms with Crippen molar-refractivity contribution in [3.63, 3.8) is 0 Å². The number of hydrogen-bond donors (Lipinski definition) is 3. The van der Waals surface area contributed by atoms with Crippen molar-refractivity contribution in [3.8, 4) is 5.75 Å². The molecule has 3 rings (SSSR count). The summed E-state index contributed by atoms with van der Waals surface area (Å²) in [7, 11) is 0. The molecule has 0 aliphatic heterocycles. The lowest BCUT2D eigenvalue weighted by Crippen LogP contribution is -2.36. The number of hydrogen-bond acceptors (Lipinski definition) is 3. The molecule has 2 aromatic rings. The lowest BCUT2D eigenvalue weighted by atomic mass is 9.86. The van der Waals surface area contributed by atoms with Crippen LogP contribution in [-0.2, 0) is 13.2 Å². The Morgan fingerprint density at radius 3 is 2.61 bits per heavy atom. The molecule has 0 radical (unpaired) electrons. The minimum Gasteiger partial charge on any atom is -0.508 e. The third kappa shape index (κ3) is 5.55. The maximum atomic E-state index is 12.9. The summed E-state index contributed by atoms with van der Waals surface area (Å²) in [5.74, 6) is 0.675. The molecule has 0 bridgehead atoms. The van der Waals surface area contributed by atoms with Crippen LogP contribution in [0.4, 0.5) is 4.39 Å². The summed E-state index contributed by atoms with van der Waals surface area (Å²) in [4.78, 5) is 12.4. The standard InChI is InChI=1S/C23H29FN2O2/c1-16-10-18(13-24)12-20(11-16)23(28)26-14-17-6-8-21(9-7-17)25-15-19-4-2-3-5-22(19)27/h2-5,10-12,17,21,25,27H,6-9,13-15H2,1H3,(H,26,28)/t17-,21+. The van der Waals surface area contributed by atoms with Gasteiger partial charge in [-0.2, -0.15) is 0 Å². The average molecular weight is 384 g/mol. The number of aryl methyl sites for hydroxylation is 1. The van der Waals surface area contributed by atoms with Crippen molar-refractivity contribution in [1.82, 2.24) is 10.6 Å². The van der Waals surface area contributed by atoms with Crippen LogP contribution in [0.2, 0.25) is 0 Å². The van der Waals surface area contributed by atoms with Gasteiger partial charge >= 0.3 is 0 Å². The Morgan fingerprint density at radius 1 is 1.14 bits per heavy atom. The fourth-order valence-electron chi connectivity index (χ4n) is 3.90. The molecular formula is C23H29FN2O2. The lowest BCUT2D eigenvalue weighted by molar-refractivity contribution is 0.0942. The van der Waals surface area contributed by atoms with E-state index in [0.29, 0.717) is 41.9 Å². The van der Waals surface area contributed by atoms with Gasteiger partial charge in [-0.3, -0.25) is 4.79 Å². The smallest absolute Gasteiger partial charge is 0.251 e. The summed E-state index contributed by atoms with van der Waals surface area (Å²) in [5, 5.41) is 16.4. The number of benzene rings is 2. The third-order valence-electron chi connectivity index (χ3n) is 5.52. The van der Waals surface area contributed by atoms with E-state index in [2.05, 4.69) is 10.6 Å². The Hall–Kier alpha value is -2.40. The summed E-state index contributed by atoms with van der Waals surface area (Å²) in [6.07, 6.45) is 4.24. The molecule has 1 aliphatic rings. The highest BCUT2D eigenvalue weighted by Gasteiger charge is 2.21. The Bertz CT molecular complexity index is 801. The molecule has 0 aromatic heterocycles. The Balaban J connectivity index is 1.41. The van der Waals surface area contributed by atoms with E-state index in [1.807, 2.05) is 25.1 Å². The first-order valence-electron chi connectivity index (χ1n) is 10.00. The first-order chi connectivity index (χ1) is 13.5. The number of aromatic hydroxyl groups is 1. The minimum absolute atomic E-state index is 0.127. The van der Waals surface area contributed by atoms with Gasteiger partial charge in [-0.1, -0.05) is 24.3 Å². The molecular weight excluding hydrogens is 355 g/mol. The van der Waals surface area contributed by atoms with Crippen LogP contribution in [-0.4, -0.2) is 23.6 Å². The van der Waals surface area contributed by atoms with Crippen LogP contribution in [0.25, 0.3) is 0 Å². The second kappa shape index (κ2) is 9.69. The summed E-state index contributed by atoms with van der Waals surface area (Å²) >= 11 is 0. The Labute approximate surface area is 166 Å². The van der Waals surface area contributed by atoms with Crippen LogP contribution in [0.1, 0.15) is 52.7 Å². The van der Waals surface area contributed by atoms with E-state index in [-0.39, 0.29) is 5.91 Å². The van der Waals surface area contributed by atoms with Gasteiger partial charge in [0.15, 0.2) is 0 Å². The Kier molecular flexibility index (Phi) is 7.04. The van der Waals surface area contributed by atoms with E-state index < -0.39 is 6.67 Å². The van der Waals surface area contributed by atoms with Gasteiger partial charge < -0.3 is 15.7 Å². The number of phenolic OH excluding ortho intramolecular Hbond substituents is 1. The molecule has 3 N–H and O–H groups in total. The Morgan fingerprint density at radius 2 is 1.89 bits per heavy atom. The number of para-hydroxylation sites is 1. The molecule has 2 aromatic carbocycles. The van der Waals surface area contributed by atoms with E-state index >= 15 is 0 Å². The average Bonchev–Trinajstić information content (AvgIpc) is 2.71. The van der Waals surface area contributed by atoms with Crippen molar-refractivity contribution in [2.24, 2.45) is 5.92 Å². The molecule has 28 heavy (non-hydrogen) atoms. The van der Waals surface area contributed by atoms with E-state index in [4.69, 9.17) is 0 Å². The molecule has 1 amide bonds. The summed E-state index contributed by atoms with van der Waals surface area (Å²) in [6, 6.07) is 13.0. The molecule has 0 spiro atoms. The van der Waals surface area contributed by atoms with Crippen molar-refractivity contribution >= 4 is 5.91 Å². The predicted molar refractivity (Wildman–Crippen MR) is 109 cm³/mol. The summed E-state index contributed by atoms with van der Waals surface area (Å²) < 4.78 is 12.9. The normalized spacial score (nSPS) is 19.4. The van der Waals surface area contributed by atoms with Crippen molar-refractivity contribution in [3.05, 3.63) is 64.7 Å². The number of phenols is 1. The summed E-state index contributed by atoms with van der Waals surface area (Å²) in [6.45, 7) is 2.64. The van der Waals surface area contributed by atoms with Crippen molar-refractivity contribution in [1.29, 1.82) is 0 Å². The third-order valence-corrected chi connectivity index (χ3v) is 5.52. The van der Waals surface area contributed by atoms with Crippen LogP contribution < -0.4 is 10.6 Å². The zero-order valence-corrected chi connectivity index (χ0v) is 16.4. The first-order valence-corrected chi connectivity index (χ1v) is 10.00. The number of carbonyl (C=O) groups excluding carboxylic acids is 1. The fourth-order valence-corrected chi connectivity index (χ4v) is 3.90. The quantitative estimate of drug-likeness (QED) is 0.669.